The molecule has 0 aliphatic heterocycles. The normalized spacial score (nSPS) is 9.60. The maximum Gasteiger partial charge on any atom is 1.00 e. The number of carboxylic acids is 1. The number of nitrogens with zero attached hydrogens (tertiary/aromatic N) is 1. The number of fused-ring (bicyclic) bond motifs is 1. The van der Waals surface area contributed by atoms with Crippen molar-refractivity contribution in [1.29, 1.82) is 0 Å². The van der Waals surface area contributed by atoms with Crippen LogP contribution in [0.4, 0.5) is 5.82 Å². The first-order valence-corrected chi connectivity index (χ1v) is 4.04. The van der Waals surface area contributed by atoms with E-state index in [1.54, 1.807) is 18.2 Å². The molecular formula is C10H7N2NaO2. The topological polar surface area (TPSA) is 79.0 Å². The molecule has 0 saturated heterocycles. The fraction of sp³-hybridized carbons (Fsp3) is 0. The van der Waals surface area contributed by atoms with Crippen LogP contribution in [-0.4, -0.2) is 11.0 Å². The summed E-state index contributed by atoms with van der Waals surface area (Å²) in [6.07, 6.45) is 0. The van der Waals surface area contributed by atoms with Crippen molar-refractivity contribution >= 4 is 22.7 Å². The van der Waals surface area contributed by atoms with Crippen LogP contribution in [0.2, 0.25) is 0 Å². The van der Waals surface area contributed by atoms with Crippen molar-refractivity contribution < 1.29 is 39.5 Å². The SMILES string of the molecule is Nc1ccc2cc(C(=O)[O-])ccc2n1.[Na+]. The van der Waals surface area contributed by atoms with Crippen molar-refractivity contribution in [1.82, 2.24) is 4.98 Å². The van der Waals surface area contributed by atoms with E-state index in [-0.39, 0.29) is 35.1 Å². The summed E-state index contributed by atoms with van der Waals surface area (Å²) >= 11 is 0. The number of benzene rings is 1. The quantitative estimate of drug-likeness (QED) is 0.515. The van der Waals surface area contributed by atoms with E-state index in [1.807, 2.05) is 0 Å². The standard InChI is InChI=1S/C10H8N2O2.Na/c11-9-4-2-6-5-7(10(13)14)1-3-8(6)12-9;/h1-5H,(H2,11,12)(H,13,14);/q;+1/p-1. The summed E-state index contributed by atoms with van der Waals surface area (Å²) in [6.45, 7) is 0. The van der Waals surface area contributed by atoms with E-state index in [0.29, 0.717) is 11.3 Å². The molecule has 0 spiro atoms. The zero-order chi connectivity index (χ0) is 10.1. The molecule has 70 valence electrons. The van der Waals surface area contributed by atoms with Crippen molar-refractivity contribution in [2.24, 2.45) is 0 Å². The Hall–Kier alpha value is -1.10. The number of nitrogen functional groups attached to an aromatic ring is 1. The average molecular weight is 210 g/mol. The van der Waals surface area contributed by atoms with E-state index < -0.39 is 5.97 Å². The molecule has 4 nitrogen and oxygen atoms in total. The van der Waals surface area contributed by atoms with Crippen molar-refractivity contribution in [3.63, 3.8) is 0 Å². The van der Waals surface area contributed by atoms with Gasteiger partial charge in [-0.25, -0.2) is 4.98 Å². The van der Waals surface area contributed by atoms with Crippen LogP contribution in [0.15, 0.2) is 30.3 Å². The third-order valence-corrected chi connectivity index (χ3v) is 1.95. The van der Waals surface area contributed by atoms with Crippen LogP contribution in [0.1, 0.15) is 10.4 Å². The Balaban J connectivity index is 0.00000112. The molecule has 0 fully saturated rings. The van der Waals surface area contributed by atoms with Crippen molar-refractivity contribution in [3.05, 3.63) is 35.9 Å². The van der Waals surface area contributed by atoms with Gasteiger partial charge in [0.25, 0.3) is 0 Å². The fourth-order valence-corrected chi connectivity index (χ4v) is 1.27. The minimum absolute atomic E-state index is 0. The smallest absolute Gasteiger partial charge is 0.545 e. The van der Waals surface area contributed by atoms with Crippen LogP contribution in [0.25, 0.3) is 10.9 Å². The Morgan fingerprint density at radius 3 is 2.67 bits per heavy atom. The predicted octanol–water partition coefficient (Wildman–Crippen LogP) is -2.82. The first-order chi connectivity index (χ1) is 6.66. The molecule has 15 heavy (non-hydrogen) atoms. The number of aromatic carboxylic acids is 1. The second-order valence-corrected chi connectivity index (χ2v) is 2.93. The minimum atomic E-state index is -1.19. The molecule has 1 aromatic heterocycles. The average Bonchev–Trinajstić information content (AvgIpc) is 2.16. The van der Waals surface area contributed by atoms with Gasteiger partial charge in [0.05, 0.1) is 11.5 Å². The van der Waals surface area contributed by atoms with Crippen LogP contribution < -0.4 is 40.4 Å². The van der Waals surface area contributed by atoms with Crippen LogP contribution in [0, 0.1) is 0 Å². The van der Waals surface area contributed by atoms with E-state index >= 15 is 0 Å². The van der Waals surface area contributed by atoms with Gasteiger partial charge in [0.2, 0.25) is 0 Å². The van der Waals surface area contributed by atoms with Crippen molar-refractivity contribution in [3.8, 4) is 0 Å². The minimum Gasteiger partial charge on any atom is -0.545 e. The van der Waals surface area contributed by atoms with Gasteiger partial charge in [-0.15, -0.1) is 0 Å². The first-order valence-electron chi connectivity index (χ1n) is 4.04. The van der Waals surface area contributed by atoms with Crippen molar-refractivity contribution in [2.75, 3.05) is 5.73 Å². The molecular weight excluding hydrogens is 203 g/mol. The molecule has 2 N–H and O–H groups in total. The van der Waals surface area contributed by atoms with E-state index in [1.165, 1.54) is 12.1 Å². The molecule has 0 amide bonds. The second-order valence-electron chi connectivity index (χ2n) is 2.93. The van der Waals surface area contributed by atoms with E-state index in [0.717, 1.165) is 5.39 Å². The summed E-state index contributed by atoms with van der Waals surface area (Å²) in [4.78, 5) is 14.6. The molecule has 2 rings (SSSR count). The molecule has 0 aliphatic rings. The number of hydrogen-bond donors (Lipinski definition) is 1. The first kappa shape index (κ1) is 12.0. The monoisotopic (exact) mass is 210 g/mol. The van der Waals surface area contributed by atoms with Crippen molar-refractivity contribution in [2.45, 2.75) is 0 Å². The largest absolute Gasteiger partial charge is 1.00 e. The molecule has 0 unspecified atom stereocenters. The van der Waals surface area contributed by atoms with E-state index in [9.17, 15) is 9.90 Å². The van der Waals surface area contributed by atoms with Crippen LogP contribution in [0.5, 0.6) is 0 Å². The summed E-state index contributed by atoms with van der Waals surface area (Å²) in [7, 11) is 0. The van der Waals surface area contributed by atoms with Gasteiger partial charge in [-0.05, 0) is 29.8 Å². The summed E-state index contributed by atoms with van der Waals surface area (Å²) in [5.41, 5.74) is 6.30. The number of carbonyl (C=O) groups is 1. The number of rotatable bonds is 1. The summed E-state index contributed by atoms with van der Waals surface area (Å²) in [5.74, 6) is -0.776. The van der Waals surface area contributed by atoms with Gasteiger partial charge in [-0.1, -0.05) is 6.07 Å². The van der Waals surface area contributed by atoms with E-state index in [4.69, 9.17) is 5.73 Å². The van der Waals surface area contributed by atoms with Gasteiger partial charge >= 0.3 is 29.6 Å². The number of anilines is 1. The van der Waals surface area contributed by atoms with Crippen LogP contribution in [-0.2, 0) is 0 Å². The Labute approximate surface area is 108 Å². The fourth-order valence-electron chi connectivity index (χ4n) is 1.27. The number of pyridine rings is 1. The number of hydrogen-bond acceptors (Lipinski definition) is 4. The van der Waals surface area contributed by atoms with Gasteiger partial charge in [-0.3, -0.25) is 0 Å². The zero-order valence-corrected chi connectivity index (χ0v) is 10.2. The maximum absolute atomic E-state index is 10.6. The second kappa shape index (κ2) is 4.61. The Morgan fingerprint density at radius 1 is 1.27 bits per heavy atom. The number of aromatic nitrogens is 1. The number of carboxylic acid groups (broad SMARTS) is 1. The summed E-state index contributed by atoms with van der Waals surface area (Å²) in [6, 6.07) is 7.92. The predicted molar refractivity (Wildman–Crippen MR) is 50.5 cm³/mol. The van der Waals surface area contributed by atoms with Crippen LogP contribution in [0.3, 0.4) is 0 Å². The molecule has 2 aromatic rings. The Bertz CT molecular complexity index is 514. The number of nitrogens with two attached hydrogens (primary N) is 1. The molecule has 0 radical (unpaired) electrons. The van der Waals surface area contributed by atoms with Gasteiger partial charge in [-0.2, -0.15) is 0 Å². The molecule has 1 aromatic carbocycles. The third kappa shape index (κ3) is 2.47. The molecule has 0 bridgehead atoms. The van der Waals surface area contributed by atoms with Gasteiger partial charge in [0, 0.05) is 5.39 Å². The van der Waals surface area contributed by atoms with Crippen LogP contribution >= 0.6 is 0 Å². The summed E-state index contributed by atoms with van der Waals surface area (Å²) < 4.78 is 0. The molecule has 0 saturated carbocycles. The van der Waals surface area contributed by atoms with Gasteiger partial charge < -0.3 is 15.6 Å². The maximum atomic E-state index is 10.6. The van der Waals surface area contributed by atoms with Gasteiger partial charge in [0.1, 0.15) is 5.82 Å². The molecule has 0 aliphatic carbocycles. The molecule has 0 atom stereocenters. The Kier molecular flexibility index (Phi) is 3.68. The van der Waals surface area contributed by atoms with Gasteiger partial charge in [0.15, 0.2) is 0 Å². The van der Waals surface area contributed by atoms with E-state index in [2.05, 4.69) is 4.98 Å². The molecule has 5 heteroatoms. The molecule has 1 heterocycles. The summed E-state index contributed by atoms with van der Waals surface area (Å²) in [5, 5.41) is 11.3. The Morgan fingerprint density at radius 2 is 2.00 bits per heavy atom. The zero-order valence-electron chi connectivity index (χ0n) is 8.23. The third-order valence-electron chi connectivity index (χ3n) is 1.95. The number of carbonyl (C=O) groups excluding carboxylic acids is 1.